The molecule has 27 heavy (non-hydrogen) atoms. The van der Waals surface area contributed by atoms with E-state index in [1.165, 1.54) is 0 Å². The van der Waals surface area contributed by atoms with Gasteiger partial charge in [0.25, 0.3) is 0 Å². The molecule has 7 heteroatoms. The number of pyridine rings is 2. The summed E-state index contributed by atoms with van der Waals surface area (Å²) in [6, 6.07) is 10.2. The van der Waals surface area contributed by atoms with E-state index in [1.807, 2.05) is 25.1 Å². The van der Waals surface area contributed by atoms with E-state index in [-0.39, 0.29) is 0 Å². The van der Waals surface area contributed by atoms with Gasteiger partial charge in [-0.15, -0.1) is 0 Å². The van der Waals surface area contributed by atoms with Crippen molar-refractivity contribution in [3.8, 4) is 17.3 Å². The SMILES string of the molecule is Cc1nc2ccc(-c3cnn4ccc(C#N)cc34)nc2n1C1CCCNC1. The Morgan fingerprint density at radius 3 is 3.00 bits per heavy atom. The number of imidazole rings is 1. The van der Waals surface area contributed by atoms with Crippen molar-refractivity contribution in [3.05, 3.63) is 48.0 Å². The Labute approximate surface area is 156 Å². The molecule has 0 amide bonds. The molecule has 1 N–H and O–H groups in total. The summed E-state index contributed by atoms with van der Waals surface area (Å²) in [6.45, 7) is 4.06. The second kappa shape index (κ2) is 6.18. The summed E-state index contributed by atoms with van der Waals surface area (Å²) in [4.78, 5) is 9.66. The van der Waals surface area contributed by atoms with Gasteiger partial charge < -0.3 is 9.88 Å². The molecular formula is C20H19N7. The lowest BCUT2D eigenvalue weighted by Crippen LogP contribution is -2.32. The first-order valence-electron chi connectivity index (χ1n) is 9.19. The topological polar surface area (TPSA) is 83.8 Å². The number of aromatic nitrogens is 5. The van der Waals surface area contributed by atoms with E-state index >= 15 is 0 Å². The van der Waals surface area contributed by atoms with Gasteiger partial charge in [-0.05, 0) is 50.6 Å². The molecule has 7 nitrogen and oxygen atoms in total. The maximum Gasteiger partial charge on any atom is 0.160 e. The predicted molar refractivity (Wildman–Crippen MR) is 102 cm³/mol. The van der Waals surface area contributed by atoms with Gasteiger partial charge in [-0.1, -0.05) is 0 Å². The lowest BCUT2D eigenvalue weighted by Gasteiger charge is -2.25. The normalized spacial score (nSPS) is 17.4. The monoisotopic (exact) mass is 357 g/mol. The van der Waals surface area contributed by atoms with Gasteiger partial charge in [-0.3, -0.25) is 0 Å². The Hall–Kier alpha value is -3.24. The Morgan fingerprint density at radius 1 is 1.26 bits per heavy atom. The second-order valence-electron chi connectivity index (χ2n) is 6.98. The van der Waals surface area contributed by atoms with Crippen LogP contribution in [0, 0.1) is 18.3 Å². The first kappa shape index (κ1) is 16.0. The van der Waals surface area contributed by atoms with Crippen LogP contribution in [-0.2, 0) is 0 Å². The summed E-state index contributed by atoms with van der Waals surface area (Å²) in [5, 5.41) is 17.1. The molecule has 1 aliphatic rings. The number of hydrogen-bond acceptors (Lipinski definition) is 5. The molecule has 134 valence electrons. The van der Waals surface area contributed by atoms with Crippen molar-refractivity contribution in [2.45, 2.75) is 25.8 Å². The van der Waals surface area contributed by atoms with Crippen molar-refractivity contribution in [3.63, 3.8) is 0 Å². The molecule has 5 heterocycles. The van der Waals surface area contributed by atoms with Crippen LogP contribution in [0.15, 0.2) is 36.7 Å². The van der Waals surface area contributed by atoms with Gasteiger partial charge in [0.1, 0.15) is 11.3 Å². The maximum absolute atomic E-state index is 9.21. The number of rotatable bonds is 2. The van der Waals surface area contributed by atoms with E-state index in [0.29, 0.717) is 11.6 Å². The highest BCUT2D eigenvalue weighted by Crippen LogP contribution is 2.28. The summed E-state index contributed by atoms with van der Waals surface area (Å²) in [7, 11) is 0. The van der Waals surface area contributed by atoms with Gasteiger partial charge in [0, 0.05) is 24.3 Å². The molecule has 4 aromatic heterocycles. The molecule has 0 aliphatic carbocycles. The number of nitriles is 1. The highest BCUT2D eigenvalue weighted by atomic mass is 15.2. The quantitative estimate of drug-likeness (QED) is 0.596. The van der Waals surface area contributed by atoms with Crippen molar-refractivity contribution in [1.29, 1.82) is 5.26 Å². The molecular weight excluding hydrogens is 338 g/mol. The molecule has 0 saturated carbocycles. The van der Waals surface area contributed by atoms with Crippen LogP contribution in [0.3, 0.4) is 0 Å². The van der Waals surface area contributed by atoms with Crippen LogP contribution in [-0.4, -0.2) is 37.2 Å². The number of nitrogens with one attached hydrogen (secondary N) is 1. The third-order valence-corrected chi connectivity index (χ3v) is 5.28. The number of nitrogens with zero attached hydrogens (tertiary/aromatic N) is 6. The standard InChI is InChI=1S/C20H19N7/c1-13-24-18-5-4-17(25-20(18)27(13)15-3-2-7-22-11-15)16-12-23-26-8-6-14(10-21)9-19(16)26/h4-6,8-9,12,15,22H,2-3,7,11H2,1H3. The zero-order valence-corrected chi connectivity index (χ0v) is 15.1. The largest absolute Gasteiger partial charge is 0.315 e. The molecule has 1 atom stereocenters. The van der Waals surface area contributed by atoms with Crippen LogP contribution < -0.4 is 5.32 Å². The summed E-state index contributed by atoms with van der Waals surface area (Å²) in [5.41, 5.74) is 5.08. The molecule has 0 radical (unpaired) electrons. The van der Waals surface area contributed by atoms with Crippen LogP contribution in [0.2, 0.25) is 0 Å². The van der Waals surface area contributed by atoms with Gasteiger partial charge in [-0.2, -0.15) is 10.4 Å². The molecule has 1 aliphatic heterocycles. The minimum absolute atomic E-state index is 0.376. The Bertz CT molecular complexity index is 1190. The van der Waals surface area contributed by atoms with Gasteiger partial charge in [0.05, 0.1) is 29.0 Å². The lowest BCUT2D eigenvalue weighted by molar-refractivity contribution is 0.372. The molecule has 1 fully saturated rings. The fraction of sp³-hybridized carbons (Fsp3) is 0.300. The van der Waals surface area contributed by atoms with Crippen LogP contribution in [0.5, 0.6) is 0 Å². The predicted octanol–water partition coefficient (Wildman–Crippen LogP) is 2.85. The van der Waals surface area contributed by atoms with Gasteiger partial charge in [0.2, 0.25) is 0 Å². The molecule has 0 bridgehead atoms. The summed E-state index contributed by atoms with van der Waals surface area (Å²) in [5.74, 6) is 0.995. The van der Waals surface area contributed by atoms with Crippen molar-refractivity contribution in [1.82, 2.24) is 29.5 Å². The van der Waals surface area contributed by atoms with Gasteiger partial charge >= 0.3 is 0 Å². The Kier molecular flexibility index (Phi) is 3.66. The third kappa shape index (κ3) is 2.57. The second-order valence-corrected chi connectivity index (χ2v) is 6.98. The smallest absolute Gasteiger partial charge is 0.160 e. The van der Waals surface area contributed by atoms with E-state index in [2.05, 4.69) is 21.1 Å². The summed E-state index contributed by atoms with van der Waals surface area (Å²) < 4.78 is 4.03. The van der Waals surface area contributed by atoms with E-state index in [9.17, 15) is 5.26 Å². The Balaban J connectivity index is 1.68. The fourth-order valence-electron chi connectivity index (χ4n) is 3.98. The molecule has 0 spiro atoms. The maximum atomic E-state index is 9.21. The molecule has 4 aromatic rings. The van der Waals surface area contributed by atoms with E-state index in [0.717, 1.165) is 59.7 Å². The zero-order valence-electron chi connectivity index (χ0n) is 15.1. The third-order valence-electron chi connectivity index (χ3n) is 5.28. The van der Waals surface area contributed by atoms with Crippen LogP contribution in [0.25, 0.3) is 27.9 Å². The number of aryl methyl sites for hydroxylation is 1. The van der Waals surface area contributed by atoms with E-state index in [1.54, 1.807) is 23.0 Å². The van der Waals surface area contributed by atoms with Gasteiger partial charge in [-0.25, -0.2) is 14.5 Å². The number of hydrogen-bond donors (Lipinski definition) is 1. The number of fused-ring (bicyclic) bond motifs is 2. The first-order chi connectivity index (χ1) is 13.2. The van der Waals surface area contributed by atoms with Crippen molar-refractivity contribution in [2.24, 2.45) is 0 Å². The average Bonchev–Trinajstić information content (AvgIpc) is 3.27. The van der Waals surface area contributed by atoms with Crippen LogP contribution in [0.4, 0.5) is 0 Å². The number of piperidine rings is 1. The minimum Gasteiger partial charge on any atom is -0.315 e. The summed E-state index contributed by atoms with van der Waals surface area (Å²) >= 11 is 0. The minimum atomic E-state index is 0.376. The average molecular weight is 357 g/mol. The first-order valence-corrected chi connectivity index (χ1v) is 9.19. The zero-order chi connectivity index (χ0) is 18.4. The lowest BCUT2D eigenvalue weighted by atomic mass is 10.1. The fourth-order valence-corrected chi connectivity index (χ4v) is 3.98. The molecule has 1 unspecified atom stereocenters. The van der Waals surface area contributed by atoms with Crippen LogP contribution >= 0.6 is 0 Å². The highest BCUT2D eigenvalue weighted by Gasteiger charge is 2.21. The van der Waals surface area contributed by atoms with Crippen molar-refractivity contribution in [2.75, 3.05) is 13.1 Å². The van der Waals surface area contributed by atoms with Crippen molar-refractivity contribution < 1.29 is 0 Å². The Morgan fingerprint density at radius 2 is 2.19 bits per heavy atom. The summed E-state index contributed by atoms with van der Waals surface area (Å²) in [6.07, 6.45) is 5.90. The van der Waals surface area contributed by atoms with E-state index < -0.39 is 0 Å². The molecule has 1 saturated heterocycles. The highest BCUT2D eigenvalue weighted by molar-refractivity contribution is 5.83. The molecule has 5 rings (SSSR count). The molecule has 0 aromatic carbocycles. The van der Waals surface area contributed by atoms with Crippen LogP contribution in [0.1, 0.15) is 30.3 Å². The van der Waals surface area contributed by atoms with Gasteiger partial charge in [0.15, 0.2) is 5.65 Å². The van der Waals surface area contributed by atoms with Crippen molar-refractivity contribution >= 4 is 16.7 Å². The van der Waals surface area contributed by atoms with E-state index in [4.69, 9.17) is 9.97 Å².